The molecule has 2 N–H and O–H groups in total. The van der Waals surface area contributed by atoms with Gasteiger partial charge in [0.15, 0.2) is 0 Å². The van der Waals surface area contributed by atoms with Crippen LogP contribution in [0.25, 0.3) is 0 Å². The van der Waals surface area contributed by atoms with Crippen LogP contribution in [0.15, 0.2) is 30.3 Å². The maximum absolute atomic E-state index is 11.7. The highest BCUT2D eigenvalue weighted by Crippen LogP contribution is 2.27. The van der Waals surface area contributed by atoms with Gasteiger partial charge in [-0.15, -0.1) is 0 Å². The van der Waals surface area contributed by atoms with Crippen LogP contribution in [0.4, 0.5) is 0 Å². The minimum atomic E-state index is 0.0211. The molecule has 0 bridgehead atoms. The van der Waals surface area contributed by atoms with Gasteiger partial charge < -0.3 is 10.6 Å². The van der Waals surface area contributed by atoms with Crippen LogP contribution >= 0.6 is 0 Å². The molecular weight excluding hydrogens is 212 g/mol. The Bertz CT molecular complexity index is 346. The van der Waals surface area contributed by atoms with E-state index in [1.807, 2.05) is 30.3 Å². The average Bonchev–Trinajstić information content (AvgIpc) is 3.18. The molecule has 1 amide bonds. The molecule has 0 unspecified atom stereocenters. The smallest absolute Gasteiger partial charge is 0.251 e. The molecule has 17 heavy (non-hydrogen) atoms. The van der Waals surface area contributed by atoms with Gasteiger partial charge in [-0.25, -0.2) is 0 Å². The van der Waals surface area contributed by atoms with E-state index in [1.165, 1.54) is 12.8 Å². The third-order valence-electron chi connectivity index (χ3n) is 2.98. The van der Waals surface area contributed by atoms with Crippen LogP contribution in [0, 0.1) is 5.92 Å². The summed E-state index contributed by atoms with van der Waals surface area (Å²) in [6, 6.07) is 9.35. The fourth-order valence-electron chi connectivity index (χ4n) is 1.74. The van der Waals surface area contributed by atoms with Gasteiger partial charge in [0.2, 0.25) is 0 Å². The predicted octanol–water partition coefficient (Wildman–Crippen LogP) is 1.81. The Morgan fingerprint density at radius 2 is 1.94 bits per heavy atom. The van der Waals surface area contributed by atoms with Crippen LogP contribution in [0.1, 0.15) is 29.6 Å². The molecule has 0 atom stereocenters. The van der Waals surface area contributed by atoms with Crippen molar-refractivity contribution in [3.8, 4) is 0 Å². The van der Waals surface area contributed by atoms with E-state index in [0.717, 1.165) is 37.5 Å². The van der Waals surface area contributed by atoms with Crippen LogP contribution in [-0.4, -0.2) is 25.5 Å². The summed E-state index contributed by atoms with van der Waals surface area (Å²) < 4.78 is 0. The monoisotopic (exact) mass is 232 g/mol. The van der Waals surface area contributed by atoms with Gasteiger partial charge in [0.1, 0.15) is 0 Å². The molecule has 92 valence electrons. The second-order valence-corrected chi connectivity index (χ2v) is 4.62. The van der Waals surface area contributed by atoms with Crippen molar-refractivity contribution in [3.63, 3.8) is 0 Å². The molecule has 1 aromatic rings. The number of rotatable bonds is 7. The zero-order chi connectivity index (χ0) is 11.9. The van der Waals surface area contributed by atoms with E-state index >= 15 is 0 Å². The van der Waals surface area contributed by atoms with Crippen LogP contribution < -0.4 is 10.6 Å². The number of hydrogen-bond donors (Lipinski definition) is 2. The molecule has 1 aromatic carbocycles. The summed E-state index contributed by atoms with van der Waals surface area (Å²) in [6.07, 6.45) is 3.76. The van der Waals surface area contributed by atoms with Crippen LogP contribution in [0.2, 0.25) is 0 Å². The molecule has 3 nitrogen and oxygen atoms in total. The predicted molar refractivity (Wildman–Crippen MR) is 69.0 cm³/mol. The molecular formula is C14H20N2O. The fraction of sp³-hybridized carbons (Fsp3) is 0.500. The van der Waals surface area contributed by atoms with Gasteiger partial charge in [0, 0.05) is 12.1 Å². The standard InChI is InChI=1S/C14H20N2O/c17-14(13-5-2-1-3-6-13)16-10-4-9-15-11-12-7-8-12/h1-3,5-6,12,15H,4,7-11H2,(H,16,17). The van der Waals surface area contributed by atoms with Crippen molar-refractivity contribution in [2.75, 3.05) is 19.6 Å². The van der Waals surface area contributed by atoms with E-state index in [4.69, 9.17) is 0 Å². The lowest BCUT2D eigenvalue weighted by atomic mass is 10.2. The van der Waals surface area contributed by atoms with Gasteiger partial charge in [-0.05, 0) is 50.4 Å². The van der Waals surface area contributed by atoms with Crippen LogP contribution in [0.5, 0.6) is 0 Å². The van der Waals surface area contributed by atoms with Crippen LogP contribution in [-0.2, 0) is 0 Å². The Labute approximate surface area is 103 Å². The summed E-state index contributed by atoms with van der Waals surface area (Å²) in [5.41, 5.74) is 0.735. The lowest BCUT2D eigenvalue weighted by Crippen LogP contribution is -2.27. The summed E-state index contributed by atoms with van der Waals surface area (Å²) >= 11 is 0. The maximum atomic E-state index is 11.7. The summed E-state index contributed by atoms with van der Waals surface area (Å²) in [5, 5.41) is 6.33. The quantitative estimate of drug-likeness (QED) is 0.704. The molecule has 0 heterocycles. The number of carbonyl (C=O) groups is 1. The number of carbonyl (C=O) groups excluding carboxylic acids is 1. The zero-order valence-corrected chi connectivity index (χ0v) is 10.1. The van der Waals surface area contributed by atoms with E-state index in [1.54, 1.807) is 0 Å². The molecule has 0 radical (unpaired) electrons. The number of benzene rings is 1. The summed E-state index contributed by atoms with van der Waals surface area (Å²) in [4.78, 5) is 11.7. The molecule has 3 heteroatoms. The minimum absolute atomic E-state index is 0.0211. The summed E-state index contributed by atoms with van der Waals surface area (Å²) in [5.74, 6) is 0.946. The molecule has 0 saturated heterocycles. The number of hydrogen-bond acceptors (Lipinski definition) is 2. The maximum Gasteiger partial charge on any atom is 0.251 e. The van der Waals surface area contributed by atoms with E-state index < -0.39 is 0 Å². The lowest BCUT2D eigenvalue weighted by Gasteiger charge is -2.06. The highest BCUT2D eigenvalue weighted by atomic mass is 16.1. The Morgan fingerprint density at radius 3 is 2.65 bits per heavy atom. The zero-order valence-electron chi connectivity index (χ0n) is 10.1. The Morgan fingerprint density at radius 1 is 1.18 bits per heavy atom. The Balaban J connectivity index is 1.53. The minimum Gasteiger partial charge on any atom is -0.352 e. The SMILES string of the molecule is O=C(NCCCNCC1CC1)c1ccccc1. The molecule has 0 aliphatic heterocycles. The first-order valence-corrected chi connectivity index (χ1v) is 6.40. The highest BCUT2D eigenvalue weighted by molar-refractivity contribution is 5.94. The Kier molecular flexibility index (Phi) is 4.56. The van der Waals surface area contributed by atoms with Gasteiger partial charge in [-0.1, -0.05) is 18.2 Å². The Hall–Kier alpha value is -1.35. The first-order chi connectivity index (χ1) is 8.36. The molecule has 1 saturated carbocycles. The van der Waals surface area contributed by atoms with Crippen molar-refractivity contribution in [2.45, 2.75) is 19.3 Å². The van der Waals surface area contributed by atoms with Gasteiger partial charge in [0.25, 0.3) is 5.91 Å². The fourth-order valence-corrected chi connectivity index (χ4v) is 1.74. The van der Waals surface area contributed by atoms with Gasteiger partial charge in [-0.2, -0.15) is 0 Å². The lowest BCUT2D eigenvalue weighted by molar-refractivity contribution is 0.0953. The third-order valence-corrected chi connectivity index (χ3v) is 2.98. The molecule has 0 spiro atoms. The van der Waals surface area contributed by atoms with Crippen LogP contribution in [0.3, 0.4) is 0 Å². The second kappa shape index (κ2) is 6.40. The van der Waals surface area contributed by atoms with E-state index in [2.05, 4.69) is 10.6 Å². The highest BCUT2D eigenvalue weighted by Gasteiger charge is 2.19. The van der Waals surface area contributed by atoms with E-state index in [-0.39, 0.29) is 5.91 Å². The largest absolute Gasteiger partial charge is 0.352 e. The summed E-state index contributed by atoms with van der Waals surface area (Å²) in [7, 11) is 0. The first-order valence-electron chi connectivity index (χ1n) is 6.40. The first kappa shape index (κ1) is 12.1. The summed E-state index contributed by atoms with van der Waals surface area (Å²) in [6.45, 7) is 2.88. The number of amides is 1. The molecule has 0 aromatic heterocycles. The van der Waals surface area contributed by atoms with E-state index in [0.29, 0.717) is 0 Å². The molecule has 1 aliphatic carbocycles. The normalized spacial score (nSPS) is 14.6. The molecule has 2 rings (SSSR count). The van der Waals surface area contributed by atoms with Gasteiger partial charge in [-0.3, -0.25) is 4.79 Å². The molecule has 1 fully saturated rings. The van der Waals surface area contributed by atoms with Crippen molar-refractivity contribution in [1.82, 2.24) is 10.6 Å². The average molecular weight is 232 g/mol. The third kappa shape index (κ3) is 4.57. The van der Waals surface area contributed by atoms with Crippen molar-refractivity contribution in [1.29, 1.82) is 0 Å². The number of nitrogens with one attached hydrogen (secondary N) is 2. The van der Waals surface area contributed by atoms with Crippen molar-refractivity contribution in [3.05, 3.63) is 35.9 Å². The van der Waals surface area contributed by atoms with Crippen molar-refractivity contribution in [2.24, 2.45) is 5.92 Å². The van der Waals surface area contributed by atoms with Gasteiger partial charge >= 0.3 is 0 Å². The van der Waals surface area contributed by atoms with Crippen molar-refractivity contribution >= 4 is 5.91 Å². The van der Waals surface area contributed by atoms with Gasteiger partial charge in [0.05, 0.1) is 0 Å². The van der Waals surface area contributed by atoms with E-state index in [9.17, 15) is 4.79 Å². The second-order valence-electron chi connectivity index (χ2n) is 4.62. The topological polar surface area (TPSA) is 41.1 Å². The molecule has 1 aliphatic rings. The van der Waals surface area contributed by atoms with Crippen molar-refractivity contribution < 1.29 is 4.79 Å².